The molecule has 0 bridgehead atoms. The van der Waals surface area contributed by atoms with Gasteiger partial charge in [-0.1, -0.05) is 30.4 Å². The van der Waals surface area contributed by atoms with Gasteiger partial charge in [-0.05, 0) is 12.5 Å². The van der Waals surface area contributed by atoms with E-state index in [2.05, 4.69) is 18.1 Å². The number of phenolic OH excluding ortho intramolecular Hbond substituents is 1. The number of phenols is 1. The Balaban J connectivity index is 2.58. The van der Waals surface area contributed by atoms with Crippen LogP contribution in [0.15, 0.2) is 55.8 Å². The average molecular weight is 225 g/mol. The SMILES string of the molecule is C=CCC(C=C)c1ccc2cccnc2c1O. The first-order chi connectivity index (χ1) is 8.27. The first kappa shape index (κ1) is 11.4. The molecule has 0 aliphatic carbocycles. The van der Waals surface area contributed by atoms with Crippen molar-refractivity contribution in [3.63, 3.8) is 0 Å². The van der Waals surface area contributed by atoms with Crippen LogP contribution >= 0.6 is 0 Å². The molecule has 17 heavy (non-hydrogen) atoms. The van der Waals surface area contributed by atoms with Crippen molar-refractivity contribution in [2.24, 2.45) is 0 Å². The van der Waals surface area contributed by atoms with Gasteiger partial charge in [0.25, 0.3) is 0 Å². The molecule has 1 atom stereocenters. The zero-order chi connectivity index (χ0) is 12.3. The first-order valence-electron chi connectivity index (χ1n) is 5.58. The van der Waals surface area contributed by atoms with Gasteiger partial charge in [0.1, 0.15) is 11.3 Å². The third kappa shape index (κ3) is 2.07. The highest BCUT2D eigenvalue weighted by Crippen LogP contribution is 2.34. The summed E-state index contributed by atoms with van der Waals surface area (Å²) < 4.78 is 0. The number of pyridine rings is 1. The molecule has 1 N–H and O–H groups in total. The van der Waals surface area contributed by atoms with Crippen LogP contribution in [0, 0.1) is 0 Å². The molecule has 2 heteroatoms. The molecule has 0 fully saturated rings. The third-order valence-corrected chi connectivity index (χ3v) is 2.88. The molecule has 0 saturated carbocycles. The predicted octanol–water partition coefficient (Wildman–Crippen LogP) is 3.79. The third-order valence-electron chi connectivity index (χ3n) is 2.88. The fraction of sp³-hybridized carbons (Fsp3) is 0.133. The summed E-state index contributed by atoms with van der Waals surface area (Å²) in [4.78, 5) is 4.21. The molecule has 0 amide bonds. The second-order valence-electron chi connectivity index (χ2n) is 3.95. The fourth-order valence-electron chi connectivity index (χ4n) is 1.97. The van der Waals surface area contributed by atoms with Crippen molar-refractivity contribution in [3.05, 3.63) is 61.3 Å². The van der Waals surface area contributed by atoms with Crippen molar-refractivity contribution in [1.82, 2.24) is 4.98 Å². The Morgan fingerprint density at radius 3 is 2.82 bits per heavy atom. The molecule has 0 aliphatic rings. The monoisotopic (exact) mass is 225 g/mol. The zero-order valence-corrected chi connectivity index (χ0v) is 9.63. The van der Waals surface area contributed by atoms with Crippen molar-refractivity contribution in [2.75, 3.05) is 0 Å². The van der Waals surface area contributed by atoms with Gasteiger partial charge >= 0.3 is 0 Å². The number of hydrogen-bond acceptors (Lipinski definition) is 2. The van der Waals surface area contributed by atoms with Gasteiger partial charge < -0.3 is 5.11 Å². The van der Waals surface area contributed by atoms with E-state index in [1.165, 1.54) is 0 Å². The van der Waals surface area contributed by atoms with Gasteiger partial charge in [0.15, 0.2) is 0 Å². The molecular formula is C15H15NO. The minimum Gasteiger partial charge on any atom is -0.505 e. The van der Waals surface area contributed by atoms with Crippen LogP contribution in [-0.2, 0) is 0 Å². The summed E-state index contributed by atoms with van der Waals surface area (Å²) in [6.45, 7) is 7.52. The summed E-state index contributed by atoms with van der Waals surface area (Å²) in [6, 6.07) is 7.69. The van der Waals surface area contributed by atoms with Crippen LogP contribution in [0.2, 0.25) is 0 Å². The van der Waals surface area contributed by atoms with Crippen LogP contribution in [0.3, 0.4) is 0 Å². The van der Waals surface area contributed by atoms with Crippen molar-refractivity contribution in [2.45, 2.75) is 12.3 Å². The lowest BCUT2D eigenvalue weighted by Gasteiger charge is -2.13. The Morgan fingerprint density at radius 1 is 1.29 bits per heavy atom. The highest BCUT2D eigenvalue weighted by molar-refractivity contribution is 5.85. The number of aromatic nitrogens is 1. The molecule has 0 radical (unpaired) electrons. The van der Waals surface area contributed by atoms with Crippen LogP contribution in [0.5, 0.6) is 5.75 Å². The van der Waals surface area contributed by atoms with Crippen LogP contribution in [0.4, 0.5) is 0 Å². The molecule has 86 valence electrons. The van der Waals surface area contributed by atoms with Gasteiger partial charge in [-0.2, -0.15) is 0 Å². The van der Waals surface area contributed by atoms with Gasteiger partial charge in [-0.15, -0.1) is 13.2 Å². The lowest BCUT2D eigenvalue weighted by atomic mass is 9.94. The van der Waals surface area contributed by atoms with Gasteiger partial charge in [0.2, 0.25) is 0 Å². The number of hydrogen-bond donors (Lipinski definition) is 1. The molecule has 0 spiro atoms. The summed E-state index contributed by atoms with van der Waals surface area (Å²) in [5.41, 5.74) is 1.49. The Bertz CT molecular complexity index is 560. The summed E-state index contributed by atoms with van der Waals surface area (Å²) in [5.74, 6) is 0.328. The molecule has 0 aliphatic heterocycles. The van der Waals surface area contributed by atoms with Crippen LogP contribution < -0.4 is 0 Å². The number of fused-ring (bicyclic) bond motifs is 1. The van der Waals surface area contributed by atoms with Gasteiger partial charge in [0, 0.05) is 23.1 Å². The maximum Gasteiger partial charge on any atom is 0.145 e. The van der Waals surface area contributed by atoms with E-state index in [9.17, 15) is 5.11 Å². The summed E-state index contributed by atoms with van der Waals surface area (Å²) in [5, 5.41) is 11.2. The second kappa shape index (κ2) is 4.83. The van der Waals surface area contributed by atoms with Crippen molar-refractivity contribution in [3.8, 4) is 5.75 Å². The lowest BCUT2D eigenvalue weighted by molar-refractivity contribution is 0.470. The molecular weight excluding hydrogens is 210 g/mol. The average Bonchev–Trinajstić information content (AvgIpc) is 2.37. The summed E-state index contributed by atoms with van der Waals surface area (Å²) >= 11 is 0. The topological polar surface area (TPSA) is 33.1 Å². The fourth-order valence-corrected chi connectivity index (χ4v) is 1.97. The van der Waals surface area contributed by atoms with E-state index in [4.69, 9.17) is 0 Å². The highest BCUT2D eigenvalue weighted by atomic mass is 16.3. The molecule has 2 rings (SSSR count). The number of rotatable bonds is 4. The van der Waals surface area contributed by atoms with Crippen LogP contribution in [0.25, 0.3) is 10.9 Å². The number of aromatic hydroxyl groups is 1. The zero-order valence-electron chi connectivity index (χ0n) is 9.63. The number of allylic oxidation sites excluding steroid dienone is 2. The quantitative estimate of drug-likeness (QED) is 0.803. The lowest BCUT2D eigenvalue weighted by Crippen LogP contribution is -1.95. The summed E-state index contributed by atoms with van der Waals surface area (Å²) in [6.07, 6.45) is 6.09. The van der Waals surface area contributed by atoms with E-state index < -0.39 is 0 Å². The van der Waals surface area contributed by atoms with Crippen LogP contribution in [0.1, 0.15) is 17.9 Å². The maximum atomic E-state index is 10.2. The second-order valence-corrected chi connectivity index (χ2v) is 3.95. The number of nitrogens with zero attached hydrogens (tertiary/aromatic N) is 1. The summed E-state index contributed by atoms with van der Waals surface area (Å²) in [7, 11) is 0. The van der Waals surface area contributed by atoms with Gasteiger partial charge in [0.05, 0.1) is 0 Å². The predicted molar refractivity (Wildman–Crippen MR) is 71.2 cm³/mol. The largest absolute Gasteiger partial charge is 0.505 e. The van der Waals surface area contributed by atoms with E-state index in [1.807, 2.05) is 36.4 Å². The first-order valence-corrected chi connectivity index (χ1v) is 5.58. The van der Waals surface area contributed by atoms with E-state index in [-0.39, 0.29) is 11.7 Å². The van der Waals surface area contributed by atoms with Crippen molar-refractivity contribution in [1.29, 1.82) is 0 Å². The van der Waals surface area contributed by atoms with E-state index in [0.29, 0.717) is 5.52 Å². The minimum absolute atomic E-state index is 0.0823. The molecule has 1 aromatic carbocycles. The Labute approximate surface area is 101 Å². The Morgan fingerprint density at radius 2 is 2.12 bits per heavy atom. The van der Waals surface area contributed by atoms with Gasteiger partial charge in [-0.25, -0.2) is 0 Å². The highest BCUT2D eigenvalue weighted by Gasteiger charge is 2.13. The molecule has 0 saturated heterocycles. The smallest absolute Gasteiger partial charge is 0.145 e. The normalized spacial score (nSPS) is 12.2. The maximum absolute atomic E-state index is 10.2. The van der Waals surface area contributed by atoms with Crippen molar-refractivity contribution >= 4 is 10.9 Å². The van der Waals surface area contributed by atoms with Gasteiger partial charge in [-0.3, -0.25) is 4.98 Å². The van der Waals surface area contributed by atoms with E-state index in [1.54, 1.807) is 6.20 Å². The molecule has 1 unspecified atom stereocenters. The van der Waals surface area contributed by atoms with E-state index >= 15 is 0 Å². The van der Waals surface area contributed by atoms with E-state index in [0.717, 1.165) is 17.4 Å². The van der Waals surface area contributed by atoms with Crippen molar-refractivity contribution < 1.29 is 5.11 Å². The standard InChI is InChI=1S/C15H15NO/c1-3-6-11(4-2)13-9-8-12-7-5-10-16-14(12)15(13)17/h3-5,7-11,17H,1-2,6H2. The minimum atomic E-state index is 0.0823. The number of benzene rings is 1. The molecule has 2 nitrogen and oxygen atoms in total. The Kier molecular flexibility index (Phi) is 3.24. The van der Waals surface area contributed by atoms with Crippen LogP contribution in [-0.4, -0.2) is 10.1 Å². The molecule has 1 aromatic heterocycles. The molecule has 1 heterocycles. The molecule has 2 aromatic rings. The Hall–Kier alpha value is -2.09.